The van der Waals surface area contributed by atoms with Gasteiger partial charge in [0.1, 0.15) is 0 Å². The maximum Gasteiger partial charge on any atom is 0.0594 e. The second-order valence-electron chi connectivity index (χ2n) is 5.78. The van der Waals surface area contributed by atoms with E-state index in [-0.39, 0.29) is 5.54 Å². The normalized spacial score (nSPS) is 21.8. The van der Waals surface area contributed by atoms with Gasteiger partial charge in [-0.2, -0.15) is 0 Å². The molecular weight excluding hydrogens is 228 g/mol. The van der Waals surface area contributed by atoms with Crippen LogP contribution in [-0.2, 0) is 9.47 Å². The van der Waals surface area contributed by atoms with Crippen molar-refractivity contribution >= 4 is 0 Å². The SMILES string of the molecule is CNC(C(C)CCOC)C(C)(C)N1CCOCC1. The quantitative estimate of drug-likeness (QED) is 0.747. The lowest BCUT2D eigenvalue weighted by molar-refractivity contribution is -0.0311. The predicted octanol–water partition coefficient (Wildman–Crippen LogP) is 1.36. The summed E-state index contributed by atoms with van der Waals surface area (Å²) in [7, 11) is 3.84. The summed E-state index contributed by atoms with van der Waals surface area (Å²) in [5, 5.41) is 3.51. The first-order chi connectivity index (χ1) is 8.54. The molecule has 1 fully saturated rings. The number of nitrogens with one attached hydrogen (secondary N) is 1. The van der Waals surface area contributed by atoms with E-state index in [2.05, 4.69) is 38.0 Å². The highest BCUT2D eigenvalue weighted by atomic mass is 16.5. The van der Waals surface area contributed by atoms with Crippen molar-refractivity contribution in [2.45, 2.75) is 38.8 Å². The summed E-state index contributed by atoms with van der Waals surface area (Å²) in [6, 6.07) is 0.464. The van der Waals surface area contributed by atoms with Crippen molar-refractivity contribution in [3.63, 3.8) is 0 Å². The average molecular weight is 258 g/mol. The molecule has 2 atom stereocenters. The van der Waals surface area contributed by atoms with Crippen LogP contribution >= 0.6 is 0 Å². The minimum Gasteiger partial charge on any atom is -0.385 e. The maximum atomic E-state index is 5.45. The van der Waals surface area contributed by atoms with Crippen LogP contribution in [0.25, 0.3) is 0 Å². The molecule has 1 heterocycles. The zero-order chi connectivity index (χ0) is 13.6. The Morgan fingerprint density at radius 1 is 1.33 bits per heavy atom. The van der Waals surface area contributed by atoms with Crippen LogP contribution in [0.4, 0.5) is 0 Å². The topological polar surface area (TPSA) is 33.7 Å². The third-order valence-electron chi connectivity index (χ3n) is 4.24. The molecule has 0 aromatic rings. The van der Waals surface area contributed by atoms with E-state index in [4.69, 9.17) is 9.47 Å². The van der Waals surface area contributed by atoms with Gasteiger partial charge in [-0.15, -0.1) is 0 Å². The molecule has 0 amide bonds. The molecule has 1 rings (SSSR count). The van der Waals surface area contributed by atoms with E-state index in [0.29, 0.717) is 12.0 Å². The molecule has 2 unspecified atom stereocenters. The molecule has 0 aromatic heterocycles. The minimum absolute atomic E-state index is 0.145. The lowest BCUT2D eigenvalue weighted by Crippen LogP contribution is -2.61. The number of hydrogen-bond acceptors (Lipinski definition) is 4. The van der Waals surface area contributed by atoms with Gasteiger partial charge in [-0.3, -0.25) is 4.90 Å². The molecule has 0 aromatic carbocycles. The Kier molecular flexibility index (Phi) is 6.57. The standard InChI is InChI=1S/C14H30N2O2/c1-12(6-9-17-5)13(15-4)14(2,3)16-7-10-18-11-8-16/h12-13,15H,6-11H2,1-5H3. The summed E-state index contributed by atoms with van der Waals surface area (Å²) in [5.74, 6) is 0.591. The predicted molar refractivity (Wildman–Crippen MR) is 75.0 cm³/mol. The van der Waals surface area contributed by atoms with Crippen molar-refractivity contribution in [3.8, 4) is 0 Å². The monoisotopic (exact) mass is 258 g/mol. The van der Waals surface area contributed by atoms with Gasteiger partial charge in [-0.1, -0.05) is 6.92 Å². The van der Waals surface area contributed by atoms with Gasteiger partial charge in [0.2, 0.25) is 0 Å². The van der Waals surface area contributed by atoms with Crippen molar-refractivity contribution < 1.29 is 9.47 Å². The highest BCUT2D eigenvalue weighted by Crippen LogP contribution is 2.26. The molecule has 1 aliphatic rings. The lowest BCUT2D eigenvalue weighted by Gasteiger charge is -2.47. The molecule has 0 saturated carbocycles. The zero-order valence-corrected chi connectivity index (χ0v) is 12.7. The molecule has 18 heavy (non-hydrogen) atoms. The van der Waals surface area contributed by atoms with Crippen LogP contribution in [0.5, 0.6) is 0 Å². The minimum atomic E-state index is 0.145. The number of rotatable bonds is 7. The molecule has 4 nitrogen and oxygen atoms in total. The number of ether oxygens (including phenoxy) is 2. The van der Waals surface area contributed by atoms with Gasteiger partial charge in [0.25, 0.3) is 0 Å². The van der Waals surface area contributed by atoms with E-state index in [1.807, 2.05) is 0 Å². The Labute approximate surface area is 112 Å². The Morgan fingerprint density at radius 2 is 1.94 bits per heavy atom. The molecule has 0 radical (unpaired) electrons. The Morgan fingerprint density at radius 3 is 2.44 bits per heavy atom. The Hall–Kier alpha value is -0.160. The van der Waals surface area contributed by atoms with Gasteiger partial charge >= 0.3 is 0 Å². The third-order valence-corrected chi connectivity index (χ3v) is 4.24. The first-order valence-corrected chi connectivity index (χ1v) is 7.03. The third kappa shape index (κ3) is 3.92. The summed E-state index contributed by atoms with van der Waals surface area (Å²) >= 11 is 0. The van der Waals surface area contributed by atoms with Crippen LogP contribution in [0.1, 0.15) is 27.2 Å². The average Bonchev–Trinajstić information content (AvgIpc) is 2.38. The highest BCUT2D eigenvalue weighted by Gasteiger charge is 2.37. The van der Waals surface area contributed by atoms with E-state index in [9.17, 15) is 0 Å². The molecule has 1 N–H and O–H groups in total. The number of methoxy groups -OCH3 is 1. The Bertz CT molecular complexity index is 228. The van der Waals surface area contributed by atoms with Gasteiger partial charge in [0.15, 0.2) is 0 Å². The molecular formula is C14H30N2O2. The van der Waals surface area contributed by atoms with E-state index in [1.54, 1.807) is 7.11 Å². The molecule has 0 aliphatic carbocycles. The number of likely N-dealkylation sites (N-methyl/N-ethyl adjacent to an activating group) is 1. The maximum absolute atomic E-state index is 5.45. The Balaban J connectivity index is 2.64. The van der Waals surface area contributed by atoms with Crippen molar-refractivity contribution in [2.75, 3.05) is 47.1 Å². The largest absolute Gasteiger partial charge is 0.385 e. The smallest absolute Gasteiger partial charge is 0.0594 e. The highest BCUT2D eigenvalue weighted by molar-refractivity contribution is 4.96. The van der Waals surface area contributed by atoms with Crippen LogP contribution in [0.2, 0.25) is 0 Å². The summed E-state index contributed by atoms with van der Waals surface area (Å²) in [6.45, 7) is 11.6. The zero-order valence-electron chi connectivity index (χ0n) is 12.7. The van der Waals surface area contributed by atoms with Gasteiger partial charge in [0.05, 0.1) is 13.2 Å². The van der Waals surface area contributed by atoms with Gasteiger partial charge < -0.3 is 14.8 Å². The molecule has 1 aliphatic heterocycles. The van der Waals surface area contributed by atoms with Crippen LogP contribution in [0.3, 0.4) is 0 Å². The van der Waals surface area contributed by atoms with Crippen LogP contribution < -0.4 is 5.32 Å². The van der Waals surface area contributed by atoms with Crippen molar-refractivity contribution in [3.05, 3.63) is 0 Å². The van der Waals surface area contributed by atoms with Crippen molar-refractivity contribution in [1.29, 1.82) is 0 Å². The van der Waals surface area contributed by atoms with Crippen LogP contribution in [0.15, 0.2) is 0 Å². The number of hydrogen-bond donors (Lipinski definition) is 1. The summed E-state index contributed by atoms with van der Waals surface area (Å²) in [5.41, 5.74) is 0.145. The fourth-order valence-electron chi connectivity index (χ4n) is 3.14. The fraction of sp³-hybridized carbons (Fsp3) is 1.00. The second-order valence-corrected chi connectivity index (χ2v) is 5.78. The second kappa shape index (κ2) is 7.43. The summed E-state index contributed by atoms with van der Waals surface area (Å²) in [6.07, 6.45) is 1.09. The summed E-state index contributed by atoms with van der Waals surface area (Å²) < 4.78 is 10.7. The van der Waals surface area contributed by atoms with Crippen molar-refractivity contribution in [2.24, 2.45) is 5.92 Å². The summed E-state index contributed by atoms with van der Waals surface area (Å²) in [4.78, 5) is 2.54. The number of morpholine rings is 1. The van der Waals surface area contributed by atoms with Crippen LogP contribution in [-0.4, -0.2) is 63.5 Å². The molecule has 108 valence electrons. The molecule has 0 bridgehead atoms. The van der Waals surface area contributed by atoms with E-state index < -0.39 is 0 Å². The number of nitrogens with zero attached hydrogens (tertiary/aromatic N) is 1. The van der Waals surface area contributed by atoms with E-state index >= 15 is 0 Å². The lowest BCUT2D eigenvalue weighted by atomic mass is 9.82. The van der Waals surface area contributed by atoms with E-state index in [0.717, 1.165) is 39.3 Å². The molecule has 4 heteroatoms. The van der Waals surface area contributed by atoms with Gasteiger partial charge in [-0.25, -0.2) is 0 Å². The van der Waals surface area contributed by atoms with Gasteiger partial charge in [-0.05, 0) is 33.2 Å². The first-order valence-electron chi connectivity index (χ1n) is 7.03. The van der Waals surface area contributed by atoms with Gasteiger partial charge in [0, 0.05) is 38.4 Å². The molecule has 0 spiro atoms. The van der Waals surface area contributed by atoms with E-state index in [1.165, 1.54) is 0 Å². The van der Waals surface area contributed by atoms with Crippen LogP contribution in [0, 0.1) is 5.92 Å². The first kappa shape index (κ1) is 15.9. The molecule has 1 saturated heterocycles. The fourth-order valence-corrected chi connectivity index (χ4v) is 3.14. The van der Waals surface area contributed by atoms with Crippen molar-refractivity contribution in [1.82, 2.24) is 10.2 Å².